The van der Waals surface area contributed by atoms with Crippen LogP contribution in [0.15, 0.2) is 55.1 Å². The summed E-state index contributed by atoms with van der Waals surface area (Å²) in [6, 6.07) is 13.9. The molecule has 0 aromatic heterocycles. The van der Waals surface area contributed by atoms with Crippen LogP contribution in [0.4, 0.5) is 4.39 Å². The third kappa shape index (κ3) is 4.62. The van der Waals surface area contributed by atoms with Crippen LogP contribution in [0.5, 0.6) is 0 Å². The van der Waals surface area contributed by atoms with Crippen LogP contribution < -0.4 is 0 Å². The summed E-state index contributed by atoms with van der Waals surface area (Å²) in [5.41, 5.74) is 3.92. The van der Waals surface area contributed by atoms with Crippen molar-refractivity contribution in [3.63, 3.8) is 0 Å². The lowest BCUT2D eigenvalue weighted by molar-refractivity contribution is 0.297. The first-order chi connectivity index (χ1) is 12.7. The molecule has 0 unspecified atom stereocenters. The van der Waals surface area contributed by atoms with Crippen LogP contribution >= 0.6 is 0 Å². The second-order valence-electron chi connectivity index (χ2n) is 7.49. The van der Waals surface area contributed by atoms with Crippen molar-refractivity contribution in [2.24, 2.45) is 5.92 Å². The van der Waals surface area contributed by atoms with Crippen LogP contribution in [-0.4, -0.2) is 11.7 Å². The van der Waals surface area contributed by atoms with Crippen molar-refractivity contribution in [1.29, 1.82) is 0 Å². The van der Waals surface area contributed by atoms with E-state index in [0.717, 1.165) is 23.5 Å². The Morgan fingerprint density at radius 2 is 1.69 bits per heavy atom. The van der Waals surface area contributed by atoms with E-state index in [2.05, 4.69) is 30.8 Å². The molecule has 138 valence electrons. The fourth-order valence-electron chi connectivity index (χ4n) is 4.14. The Balaban J connectivity index is 1.64. The molecular formula is C24H29FO. The van der Waals surface area contributed by atoms with Gasteiger partial charge in [0.25, 0.3) is 0 Å². The number of aliphatic hydroxyl groups is 1. The van der Waals surface area contributed by atoms with Gasteiger partial charge >= 0.3 is 0 Å². The van der Waals surface area contributed by atoms with E-state index in [9.17, 15) is 4.39 Å². The molecule has 0 saturated heterocycles. The molecule has 0 radical (unpaired) electrons. The minimum absolute atomic E-state index is 0.0270. The van der Waals surface area contributed by atoms with E-state index in [4.69, 9.17) is 5.11 Å². The highest BCUT2D eigenvalue weighted by atomic mass is 19.1. The Morgan fingerprint density at radius 1 is 1.00 bits per heavy atom. The van der Waals surface area contributed by atoms with Crippen molar-refractivity contribution >= 4 is 0 Å². The fourth-order valence-corrected chi connectivity index (χ4v) is 4.14. The topological polar surface area (TPSA) is 20.2 Å². The van der Waals surface area contributed by atoms with Gasteiger partial charge in [-0.2, -0.15) is 0 Å². The standard InChI is InChI=1S/C24H29FO/c1-2-3-4-18-5-7-19(8-6-18)20-9-11-21(12-10-20)23-14-13-22(15-16-26)24(25)17-23/h2,9-14,17-19,26H,1,3-8,15-16H2. The predicted molar refractivity (Wildman–Crippen MR) is 107 cm³/mol. The highest BCUT2D eigenvalue weighted by Crippen LogP contribution is 2.38. The Bertz CT molecular complexity index is 711. The van der Waals surface area contributed by atoms with Crippen LogP contribution in [-0.2, 0) is 6.42 Å². The first-order valence-electron chi connectivity index (χ1n) is 9.81. The zero-order valence-corrected chi connectivity index (χ0v) is 15.5. The van der Waals surface area contributed by atoms with Gasteiger partial charge in [-0.3, -0.25) is 0 Å². The molecule has 1 fully saturated rings. The van der Waals surface area contributed by atoms with Crippen molar-refractivity contribution < 1.29 is 9.50 Å². The largest absolute Gasteiger partial charge is 0.396 e. The summed E-state index contributed by atoms with van der Waals surface area (Å²) in [6.07, 6.45) is 9.99. The van der Waals surface area contributed by atoms with Gasteiger partial charge in [0.15, 0.2) is 0 Å². The summed E-state index contributed by atoms with van der Waals surface area (Å²) in [5.74, 6) is 1.29. The molecule has 1 aliphatic carbocycles. The molecule has 3 rings (SSSR count). The van der Waals surface area contributed by atoms with Gasteiger partial charge in [-0.25, -0.2) is 4.39 Å². The SMILES string of the molecule is C=CCCC1CCC(c2ccc(-c3ccc(CCO)c(F)c3)cc2)CC1. The lowest BCUT2D eigenvalue weighted by Gasteiger charge is -2.28. The van der Waals surface area contributed by atoms with Crippen molar-refractivity contribution in [2.45, 2.75) is 50.9 Å². The molecule has 0 atom stereocenters. The lowest BCUT2D eigenvalue weighted by atomic mass is 9.77. The van der Waals surface area contributed by atoms with Gasteiger partial charge in [0, 0.05) is 6.61 Å². The number of hydrogen-bond donors (Lipinski definition) is 1. The molecule has 26 heavy (non-hydrogen) atoms. The number of halogens is 1. The Kier molecular flexibility index (Phi) is 6.62. The molecule has 0 spiro atoms. The average molecular weight is 352 g/mol. The molecule has 0 heterocycles. The van der Waals surface area contributed by atoms with E-state index in [1.165, 1.54) is 37.7 Å². The number of aliphatic hydroxyl groups excluding tert-OH is 1. The molecular weight excluding hydrogens is 323 g/mol. The fraction of sp³-hybridized carbons (Fsp3) is 0.417. The number of hydrogen-bond acceptors (Lipinski definition) is 1. The van der Waals surface area contributed by atoms with Gasteiger partial charge < -0.3 is 5.11 Å². The second kappa shape index (κ2) is 9.14. The molecule has 1 aliphatic rings. The smallest absolute Gasteiger partial charge is 0.127 e. The van der Waals surface area contributed by atoms with Crippen LogP contribution in [0, 0.1) is 11.7 Å². The molecule has 1 N–H and O–H groups in total. The van der Waals surface area contributed by atoms with Crippen molar-refractivity contribution in [2.75, 3.05) is 6.61 Å². The monoisotopic (exact) mass is 352 g/mol. The first kappa shape index (κ1) is 18.8. The molecule has 2 aromatic rings. The summed E-state index contributed by atoms with van der Waals surface area (Å²) in [5, 5.41) is 8.97. The van der Waals surface area contributed by atoms with Crippen molar-refractivity contribution in [3.05, 3.63) is 72.1 Å². The van der Waals surface area contributed by atoms with Gasteiger partial charge in [0.05, 0.1) is 0 Å². The van der Waals surface area contributed by atoms with Crippen LogP contribution in [0.3, 0.4) is 0 Å². The summed E-state index contributed by atoms with van der Waals surface area (Å²) in [6.45, 7) is 3.80. The second-order valence-corrected chi connectivity index (χ2v) is 7.49. The van der Waals surface area contributed by atoms with Gasteiger partial charge in [-0.15, -0.1) is 6.58 Å². The minimum Gasteiger partial charge on any atom is -0.396 e. The van der Waals surface area contributed by atoms with Gasteiger partial charge in [-0.05, 0) is 85.1 Å². The zero-order valence-electron chi connectivity index (χ0n) is 15.5. The predicted octanol–water partition coefficient (Wildman–Crippen LogP) is 6.27. The first-order valence-corrected chi connectivity index (χ1v) is 9.81. The molecule has 2 aromatic carbocycles. The summed E-state index contributed by atoms with van der Waals surface area (Å²) in [4.78, 5) is 0. The Hall–Kier alpha value is -1.93. The molecule has 0 aliphatic heterocycles. The maximum atomic E-state index is 14.1. The quantitative estimate of drug-likeness (QED) is 0.582. The summed E-state index contributed by atoms with van der Waals surface area (Å²) < 4.78 is 14.1. The van der Waals surface area contributed by atoms with E-state index >= 15 is 0 Å². The van der Waals surface area contributed by atoms with E-state index < -0.39 is 0 Å². The maximum Gasteiger partial charge on any atom is 0.127 e. The Labute approximate surface area is 156 Å². The van der Waals surface area contributed by atoms with Gasteiger partial charge in [-0.1, -0.05) is 42.5 Å². The molecule has 1 nitrogen and oxygen atoms in total. The number of benzene rings is 2. The van der Waals surface area contributed by atoms with Crippen LogP contribution in [0.1, 0.15) is 55.6 Å². The maximum absolute atomic E-state index is 14.1. The van der Waals surface area contributed by atoms with E-state index in [1.54, 1.807) is 12.1 Å². The normalized spacial score (nSPS) is 20.1. The summed E-state index contributed by atoms with van der Waals surface area (Å²) >= 11 is 0. The average Bonchev–Trinajstić information content (AvgIpc) is 2.69. The zero-order chi connectivity index (χ0) is 18.4. The molecule has 1 saturated carbocycles. The van der Waals surface area contributed by atoms with Crippen molar-refractivity contribution in [3.8, 4) is 11.1 Å². The lowest BCUT2D eigenvalue weighted by Crippen LogP contribution is -2.13. The van der Waals surface area contributed by atoms with Crippen LogP contribution in [0.2, 0.25) is 0 Å². The van der Waals surface area contributed by atoms with Crippen LogP contribution in [0.25, 0.3) is 11.1 Å². The Morgan fingerprint density at radius 3 is 2.31 bits per heavy atom. The third-order valence-electron chi connectivity index (χ3n) is 5.78. The number of allylic oxidation sites excluding steroid dienone is 1. The summed E-state index contributed by atoms with van der Waals surface area (Å²) in [7, 11) is 0. The minimum atomic E-state index is -0.238. The van der Waals surface area contributed by atoms with E-state index in [0.29, 0.717) is 17.9 Å². The molecule has 0 amide bonds. The van der Waals surface area contributed by atoms with Gasteiger partial charge in [0.2, 0.25) is 0 Å². The highest BCUT2D eigenvalue weighted by molar-refractivity contribution is 5.64. The van der Waals surface area contributed by atoms with Gasteiger partial charge in [0.1, 0.15) is 5.82 Å². The number of rotatable bonds is 7. The van der Waals surface area contributed by atoms with Crippen molar-refractivity contribution in [1.82, 2.24) is 0 Å². The highest BCUT2D eigenvalue weighted by Gasteiger charge is 2.21. The third-order valence-corrected chi connectivity index (χ3v) is 5.78. The van der Waals surface area contributed by atoms with E-state index in [-0.39, 0.29) is 12.4 Å². The molecule has 0 bridgehead atoms. The molecule has 2 heteroatoms. The van der Waals surface area contributed by atoms with E-state index in [1.807, 2.05) is 12.1 Å².